The molecule has 0 rings (SSSR count). The summed E-state index contributed by atoms with van der Waals surface area (Å²) in [5, 5.41) is 32.4. The Morgan fingerprint density at radius 3 is 1.18 bits per heavy atom. The van der Waals surface area contributed by atoms with Gasteiger partial charge in [0.1, 0.15) is 6.04 Å². The number of alkyl halides is 9. The Hall–Kier alpha value is -2.97. The Morgan fingerprint density at radius 2 is 1.03 bits per heavy atom. The molecule has 0 aromatic heterocycles. The smallest absolute Gasteiger partial charge is 0.480 e. The zero-order valence-corrected chi connectivity index (χ0v) is 17.2. The maximum atomic E-state index is 10.8. The minimum Gasteiger partial charge on any atom is -0.480 e. The largest absolute Gasteiger partial charge is 0.490 e. The summed E-state index contributed by atoms with van der Waals surface area (Å²) in [7, 11) is 0. The number of nitrogens with one attached hydrogen (secondary N) is 1. The third-order valence-electron chi connectivity index (χ3n) is 2.16. The van der Waals surface area contributed by atoms with Gasteiger partial charge in [0.05, 0.1) is 6.54 Å². The van der Waals surface area contributed by atoms with Crippen LogP contribution in [-0.2, 0) is 24.0 Å². The fourth-order valence-electron chi connectivity index (χ4n) is 0.746. The minimum absolute atomic E-state index is 0.178. The normalized spacial score (nSPS) is 11.6. The van der Waals surface area contributed by atoms with Crippen molar-refractivity contribution in [1.82, 2.24) is 5.32 Å². The zero-order chi connectivity index (χ0) is 28.5. The van der Waals surface area contributed by atoms with E-state index in [0.29, 0.717) is 12.2 Å². The summed E-state index contributed by atoms with van der Waals surface area (Å²) in [5.74, 6) is -9.03. The molecule has 1 amide bonds. The van der Waals surface area contributed by atoms with Crippen molar-refractivity contribution < 1.29 is 83.9 Å². The second-order valence-electron chi connectivity index (χ2n) is 4.85. The number of aliphatic carboxylic acids is 4. The van der Waals surface area contributed by atoms with Gasteiger partial charge < -0.3 is 31.5 Å². The van der Waals surface area contributed by atoms with E-state index in [1.54, 1.807) is 0 Å². The Balaban J connectivity index is -0.000000186. The number of hydrogen-bond acceptors (Lipinski definition) is 7. The highest BCUT2D eigenvalue weighted by Crippen LogP contribution is 2.14. The average molecular weight is 548 g/mol. The van der Waals surface area contributed by atoms with Crippen molar-refractivity contribution in [3.8, 4) is 0 Å². The third-order valence-corrected chi connectivity index (χ3v) is 2.80. The van der Waals surface area contributed by atoms with Gasteiger partial charge in [0, 0.05) is 0 Å². The van der Waals surface area contributed by atoms with Crippen LogP contribution in [0.4, 0.5) is 39.5 Å². The summed E-state index contributed by atoms with van der Waals surface area (Å²) in [6, 6.07) is -0.816. The lowest BCUT2D eigenvalue weighted by Gasteiger charge is -2.12. The maximum absolute atomic E-state index is 10.8. The standard InChI is InChI=1S/C7H14N2O3S.3C2HF3O2/c1-13-3-2-5(7(11)12)9-6(10)4-8;3*3-2(4,5)1(6)7/h5H,2-4,8H2,1H3,(H,9,10)(H,11,12);3*(H,6,7)/t5-;;;/m0.../s1. The number of thioether (sulfide) groups is 1. The molecule has 0 aromatic rings. The molecular weight excluding hydrogens is 531 g/mol. The molecule has 0 fully saturated rings. The maximum Gasteiger partial charge on any atom is 0.490 e. The summed E-state index contributed by atoms with van der Waals surface area (Å²) in [5.41, 5.74) is 5.04. The quantitative estimate of drug-likeness (QED) is 0.260. The van der Waals surface area contributed by atoms with E-state index in [1.165, 1.54) is 11.8 Å². The number of nitrogens with two attached hydrogens (primary N) is 1. The van der Waals surface area contributed by atoms with Crippen LogP contribution in [-0.4, -0.2) is 93.3 Å². The van der Waals surface area contributed by atoms with Crippen LogP contribution in [0, 0.1) is 0 Å². The molecular formula is C13H17F9N2O9S. The molecule has 0 spiro atoms. The van der Waals surface area contributed by atoms with Crippen molar-refractivity contribution in [2.45, 2.75) is 31.0 Å². The van der Waals surface area contributed by atoms with Gasteiger partial charge in [-0.1, -0.05) is 0 Å². The molecule has 1 atom stereocenters. The molecule has 0 aliphatic rings. The molecule has 11 nitrogen and oxygen atoms in total. The summed E-state index contributed by atoms with van der Waals surface area (Å²) in [6.45, 7) is -0.178. The molecule has 34 heavy (non-hydrogen) atoms. The van der Waals surface area contributed by atoms with Crippen molar-refractivity contribution in [3.63, 3.8) is 0 Å². The number of amides is 1. The van der Waals surface area contributed by atoms with Gasteiger partial charge in [-0.15, -0.1) is 0 Å². The number of carboxylic acid groups (broad SMARTS) is 4. The van der Waals surface area contributed by atoms with Gasteiger partial charge in [-0.3, -0.25) is 4.79 Å². The van der Waals surface area contributed by atoms with Crippen LogP contribution >= 0.6 is 11.8 Å². The fourth-order valence-corrected chi connectivity index (χ4v) is 1.22. The molecule has 0 radical (unpaired) electrons. The second kappa shape index (κ2) is 17.5. The van der Waals surface area contributed by atoms with E-state index in [-0.39, 0.29) is 6.54 Å². The van der Waals surface area contributed by atoms with Crippen LogP contribution in [0.5, 0.6) is 0 Å². The highest BCUT2D eigenvalue weighted by atomic mass is 32.2. The summed E-state index contributed by atoms with van der Waals surface area (Å²) in [6.07, 6.45) is -13.0. The highest BCUT2D eigenvalue weighted by Gasteiger charge is 2.39. The van der Waals surface area contributed by atoms with E-state index in [0.717, 1.165) is 0 Å². The van der Waals surface area contributed by atoms with Crippen LogP contribution < -0.4 is 11.1 Å². The monoisotopic (exact) mass is 548 g/mol. The predicted molar refractivity (Wildman–Crippen MR) is 92.7 cm³/mol. The predicted octanol–water partition coefficient (Wildman–Crippen LogP) is 1.17. The first-order chi connectivity index (χ1) is 14.9. The van der Waals surface area contributed by atoms with Crippen molar-refractivity contribution >= 4 is 41.5 Å². The Labute approximate surface area is 187 Å². The first-order valence-electron chi connectivity index (χ1n) is 7.56. The third kappa shape index (κ3) is 27.1. The van der Waals surface area contributed by atoms with Gasteiger partial charge in [-0.05, 0) is 18.4 Å². The minimum atomic E-state index is -5.08. The van der Waals surface area contributed by atoms with Crippen LogP contribution in [0.2, 0.25) is 0 Å². The van der Waals surface area contributed by atoms with Gasteiger partial charge in [-0.2, -0.15) is 51.3 Å². The number of carboxylic acids is 4. The van der Waals surface area contributed by atoms with E-state index in [9.17, 15) is 49.1 Å². The van der Waals surface area contributed by atoms with Crippen molar-refractivity contribution in [1.29, 1.82) is 0 Å². The van der Waals surface area contributed by atoms with Gasteiger partial charge in [0.15, 0.2) is 0 Å². The molecule has 0 saturated heterocycles. The zero-order valence-electron chi connectivity index (χ0n) is 16.4. The lowest BCUT2D eigenvalue weighted by Crippen LogP contribution is -2.43. The molecule has 21 heteroatoms. The van der Waals surface area contributed by atoms with Crippen LogP contribution in [0.25, 0.3) is 0 Å². The van der Waals surface area contributed by atoms with Crippen LogP contribution in [0.1, 0.15) is 6.42 Å². The number of halogens is 9. The molecule has 0 bridgehead atoms. The number of rotatable bonds is 6. The first-order valence-corrected chi connectivity index (χ1v) is 8.95. The van der Waals surface area contributed by atoms with E-state index in [2.05, 4.69) is 5.32 Å². The van der Waals surface area contributed by atoms with E-state index in [4.69, 9.17) is 40.5 Å². The molecule has 0 aliphatic carbocycles. The van der Waals surface area contributed by atoms with E-state index >= 15 is 0 Å². The topological polar surface area (TPSA) is 204 Å². The van der Waals surface area contributed by atoms with Crippen LogP contribution in [0.15, 0.2) is 0 Å². The van der Waals surface area contributed by atoms with Gasteiger partial charge >= 0.3 is 42.4 Å². The summed E-state index contributed by atoms with van der Waals surface area (Å²) in [4.78, 5) is 48.1. The molecule has 0 unspecified atom stereocenters. The second-order valence-corrected chi connectivity index (χ2v) is 5.84. The van der Waals surface area contributed by atoms with Gasteiger partial charge in [-0.25, -0.2) is 19.2 Å². The Kier molecular flexibility index (Phi) is 19.7. The number of carbonyl (C=O) groups is 5. The van der Waals surface area contributed by atoms with Gasteiger partial charge in [0.25, 0.3) is 0 Å². The fraction of sp³-hybridized carbons (Fsp3) is 0.615. The van der Waals surface area contributed by atoms with Crippen molar-refractivity contribution in [2.24, 2.45) is 5.73 Å². The SMILES string of the molecule is CSCC[C@H](NC(=O)CN)C(=O)O.O=C(O)C(F)(F)F.O=C(O)C(F)(F)F.O=C(O)C(F)(F)F. The molecule has 0 aliphatic heterocycles. The highest BCUT2D eigenvalue weighted by molar-refractivity contribution is 7.98. The van der Waals surface area contributed by atoms with Crippen molar-refractivity contribution in [2.75, 3.05) is 18.6 Å². The average Bonchev–Trinajstić information content (AvgIpc) is 2.63. The Morgan fingerprint density at radius 1 is 0.765 bits per heavy atom. The Bertz CT molecular complexity index is 611. The lowest BCUT2D eigenvalue weighted by atomic mass is 10.2. The van der Waals surface area contributed by atoms with Crippen LogP contribution in [0.3, 0.4) is 0 Å². The molecule has 0 heterocycles. The molecule has 0 saturated carbocycles. The molecule has 202 valence electrons. The van der Waals surface area contributed by atoms with E-state index < -0.39 is 54.4 Å². The number of carbonyl (C=O) groups excluding carboxylic acids is 1. The molecule has 0 aromatic carbocycles. The summed E-state index contributed by atoms with van der Waals surface area (Å²) < 4.78 is 95.2. The lowest BCUT2D eigenvalue weighted by molar-refractivity contribution is -0.193. The van der Waals surface area contributed by atoms with Gasteiger partial charge in [0.2, 0.25) is 5.91 Å². The van der Waals surface area contributed by atoms with Crippen molar-refractivity contribution in [3.05, 3.63) is 0 Å². The summed E-state index contributed by atoms with van der Waals surface area (Å²) >= 11 is 1.54. The first kappa shape index (κ1) is 38.3. The number of hydrogen-bond donors (Lipinski definition) is 6. The van der Waals surface area contributed by atoms with E-state index in [1.807, 2.05) is 6.26 Å². The molecule has 7 N–H and O–H groups in total.